The van der Waals surface area contributed by atoms with Crippen molar-refractivity contribution >= 4 is 28.4 Å². The molecule has 0 aliphatic heterocycles. The van der Waals surface area contributed by atoms with E-state index in [-0.39, 0.29) is 0 Å². The van der Waals surface area contributed by atoms with Gasteiger partial charge in [-0.15, -0.1) is 0 Å². The monoisotopic (exact) mass is 340 g/mol. The summed E-state index contributed by atoms with van der Waals surface area (Å²) in [5.74, 6) is 0. The van der Waals surface area contributed by atoms with E-state index in [2.05, 4.69) is 12.1 Å². The third-order valence-electron chi connectivity index (χ3n) is 3.77. The Hall–Kier alpha value is -0.620. The van der Waals surface area contributed by atoms with Crippen molar-refractivity contribution in [1.82, 2.24) is 0 Å². The van der Waals surface area contributed by atoms with Gasteiger partial charge in [-0.2, -0.15) is 0 Å². The molecule has 1 aromatic rings. The van der Waals surface area contributed by atoms with Crippen LogP contribution in [0.4, 0.5) is 0 Å². The molecule has 0 amide bonds. The zero-order valence-corrected chi connectivity index (χ0v) is 14.7. The number of thiocarbonyl (C=S) groups is 1. The van der Waals surface area contributed by atoms with Gasteiger partial charge in [-0.25, -0.2) is 0 Å². The molecular weight excluding hydrogens is 316 g/mol. The average Bonchev–Trinajstić information content (AvgIpc) is 2.58. The molecule has 1 fully saturated rings. The second-order valence-corrected chi connectivity index (χ2v) is 6.78. The molecule has 0 bridgehead atoms. The zero-order valence-electron chi connectivity index (χ0n) is 13.0. The molecule has 0 heterocycles. The molecule has 22 heavy (non-hydrogen) atoms. The van der Waals surface area contributed by atoms with Crippen LogP contribution < -0.4 is 0 Å². The van der Waals surface area contributed by atoms with Crippen molar-refractivity contribution < 1.29 is 14.2 Å². The van der Waals surface area contributed by atoms with Crippen molar-refractivity contribution in [2.24, 2.45) is 0 Å². The molecule has 0 N–H and O–H groups in total. The van der Waals surface area contributed by atoms with Crippen molar-refractivity contribution in [3.8, 4) is 0 Å². The summed E-state index contributed by atoms with van der Waals surface area (Å²) in [7, 11) is 0. The summed E-state index contributed by atoms with van der Waals surface area (Å²) < 4.78 is 17.7. The van der Waals surface area contributed by atoms with Crippen LogP contribution in [-0.4, -0.2) is 36.1 Å². The lowest BCUT2D eigenvalue weighted by Crippen LogP contribution is -2.27. The predicted octanol–water partition coefficient (Wildman–Crippen LogP) is 4.20. The maximum Gasteiger partial charge on any atom is 0.219 e. The Balaban J connectivity index is 1.55. The normalized spacial score (nSPS) is 21.5. The van der Waals surface area contributed by atoms with Gasteiger partial charge < -0.3 is 14.2 Å². The maximum absolute atomic E-state index is 5.99. The highest BCUT2D eigenvalue weighted by Gasteiger charge is 2.22. The number of hydrogen-bond acceptors (Lipinski definition) is 5. The van der Waals surface area contributed by atoms with E-state index >= 15 is 0 Å². The third kappa shape index (κ3) is 6.65. The highest BCUT2D eigenvalue weighted by molar-refractivity contribution is 8.22. The fraction of sp³-hybridized carbons (Fsp3) is 0.588. The first-order chi connectivity index (χ1) is 10.8. The van der Waals surface area contributed by atoms with Gasteiger partial charge >= 0.3 is 0 Å². The summed E-state index contributed by atoms with van der Waals surface area (Å²) in [6, 6.07) is 10.3. The van der Waals surface area contributed by atoms with Crippen LogP contribution in [0.25, 0.3) is 0 Å². The smallest absolute Gasteiger partial charge is 0.219 e. The van der Waals surface area contributed by atoms with Gasteiger partial charge in [0, 0.05) is 0 Å². The molecule has 1 aliphatic carbocycles. The molecule has 0 spiro atoms. The van der Waals surface area contributed by atoms with Crippen LogP contribution in [0.3, 0.4) is 0 Å². The van der Waals surface area contributed by atoms with Crippen LogP contribution in [0.1, 0.15) is 31.2 Å². The van der Waals surface area contributed by atoms with Crippen molar-refractivity contribution in [3.63, 3.8) is 0 Å². The van der Waals surface area contributed by atoms with Crippen molar-refractivity contribution in [1.29, 1.82) is 0 Å². The lowest BCUT2D eigenvalue weighted by Gasteiger charge is -2.28. The zero-order chi connectivity index (χ0) is 15.6. The topological polar surface area (TPSA) is 27.7 Å². The summed E-state index contributed by atoms with van der Waals surface area (Å²) in [6.45, 7) is 1.86. The van der Waals surface area contributed by atoms with E-state index in [4.69, 9.17) is 26.4 Å². The van der Waals surface area contributed by atoms with Gasteiger partial charge in [0.2, 0.25) is 4.38 Å². The molecule has 5 heteroatoms. The average molecular weight is 341 g/mol. The van der Waals surface area contributed by atoms with Crippen LogP contribution >= 0.6 is 24.0 Å². The minimum Gasteiger partial charge on any atom is -0.476 e. The first-order valence-electron chi connectivity index (χ1n) is 7.76. The van der Waals surface area contributed by atoms with Crippen molar-refractivity contribution in [2.45, 2.75) is 44.5 Å². The fourth-order valence-corrected chi connectivity index (χ4v) is 2.84. The second kappa shape index (κ2) is 10.2. The molecule has 3 nitrogen and oxygen atoms in total. The summed E-state index contributed by atoms with van der Waals surface area (Å²) in [6.07, 6.45) is 6.88. The first-order valence-corrected chi connectivity index (χ1v) is 9.39. The van der Waals surface area contributed by atoms with Crippen molar-refractivity contribution in [2.75, 3.05) is 19.5 Å². The van der Waals surface area contributed by atoms with Gasteiger partial charge in [0.05, 0.1) is 25.4 Å². The van der Waals surface area contributed by atoms with Crippen LogP contribution in [0.15, 0.2) is 30.3 Å². The summed E-state index contributed by atoms with van der Waals surface area (Å²) in [5, 5.41) is 0. The molecule has 1 aliphatic rings. The van der Waals surface area contributed by atoms with E-state index in [0.717, 1.165) is 25.7 Å². The van der Waals surface area contributed by atoms with Gasteiger partial charge in [-0.05, 0) is 49.7 Å². The highest BCUT2D eigenvalue weighted by atomic mass is 32.2. The SMILES string of the molecule is CSC(=S)OCCOC1CCC(OCc2ccccc2)CC1. The minimum absolute atomic E-state index is 0.336. The number of benzene rings is 1. The third-order valence-corrected chi connectivity index (χ3v) is 4.84. The van der Waals surface area contributed by atoms with Gasteiger partial charge in [0.15, 0.2) is 0 Å². The lowest BCUT2D eigenvalue weighted by molar-refractivity contribution is -0.0419. The second-order valence-electron chi connectivity index (χ2n) is 5.37. The number of ether oxygens (including phenoxy) is 3. The molecule has 0 saturated heterocycles. The maximum atomic E-state index is 5.99. The molecule has 0 atom stereocenters. The number of thioether (sulfide) groups is 1. The number of hydrogen-bond donors (Lipinski definition) is 0. The Morgan fingerprint density at radius 3 is 2.32 bits per heavy atom. The van der Waals surface area contributed by atoms with E-state index in [1.807, 2.05) is 24.5 Å². The molecule has 0 radical (unpaired) electrons. The van der Waals surface area contributed by atoms with Crippen LogP contribution in [0, 0.1) is 0 Å². The quantitative estimate of drug-likeness (QED) is 0.548. The minimum atomic E-state index is 0.336. The standard InChI is InChI=1S/C17H24O3S2/c1-22-17(21)19-12-11-18-15-7-9-16(10-8-15)20-13-14-5-3-2-4-6-14/h2-6,15-16H,7-13H2,1H3. The lowest BCUT2D eigenvalue weighted by atomic mass is 9.95. The molecule has 0 unspecified atom stereocenters. The Morgan fingerprint density at radius 2 is 1.68 bits per heavy atom. The molecular formula is C17H24O3S2. The van der Waals surface area contributed by atoms with Gasteiger partial charge in [-0.3, -0.25) is 0 Å². The molecule has 122 valence electrons. The van der Waals surface area contributed by atoms with E-state index in [1.54, 1.807) is 0 Å². The fourth-order valence-electron chi connectivity index (χ4n) is 2.55. The molecule has 1 aromatic carbocycles. The van der Waals surface area contributed by atoms with E-state index < -0.39 is 0 Å². The first kappa shape index (κ1) is 17.7. The van der Waals surface area contributed by atoms with Crippen molar-refractivity contribution in [3.05, 3.63) is 35.9 Å². The summed E-state index contributed by atoms with van der Waals surface area (Å²) in [5.41, 5.74) is 1.24. The highest BCUT2D eigenvalue weighted by Crippen LogP contribution is 2.24. The van der Waals surface area contributed by atoms with Crippen LogP contribution in [0.5, 0.6) is 0 Å². The van der Waals surface area contributed by atoms with Gasteiger partial charge in [0.25, 0.3) is 0 Å². The van der Waals surface area contributed by atoms with E-state index in [1.165, 1.54) is 17.3 Å². The van der Waals surface area contributed by atoms with Crippen LogP contribution in [-0.2, 0) is 20.8 Å². The van der Waals surface area contributed by atoms with Gasteiger partial charge in [-0.1, -0.05) is 42.1 Å². The Kier molecular flexibility index (Phi) is 8.23. The van der Waals surface area contributed by atoms with Gasteiger partial charge in [0.1, 0.15) is 6.61 Å². The Labute approximate surface area is 142 Å². The molecule has 2 rings (SSSR count). The number of rotatable bonds is 7. The Morgan fingerprint density at radius 1 is 1.05 bits per heavy atom. The molecule has 0 aromatic heterocycles. The van der Waals surface area contributed by atoms with E-state index in [0.29, 0.717) is 36.4 Å². The summed E-state index contributed by atoms with van der Waals surface area (Å²) >= 11 is 6.43. The molecule has 1 saturated carbocycles. The van der Waals surface area contributed by atoms with E-state index in [9.17, 15) is 0 Å². The summed E-state index contributed by atoms with van der Waals surface area (Å²) in [4.78, 5) is 0. The largest absolute Gasteiger partial charge is 0.476 e. The Bertz CT molecular complexity index is 431. The predicted molar refractivity (Wildman–Crippen MR) is 95.3 cm³/mol. The van der Waals surface area contributed by atoms with Crippen LogP contribution in [0.2, 0.25) is 0 Å².